The summed E-state index contributed by atoms with van der Waals surface area (Å²) in [6.07, 6.45) is 1.13. The van der Waals surface area contributed by atoms with E-state index >= 15 is 0 Å². The molecule has 0 amide bonds. The molecule has 114 valence electrons. The fourth-order valence-electron chi connectivity index (χ4n) is 2.24. The predicted octanol–water partition coefficient (Wildman–Crippen LogP) is 4.28. The van der Waals surface area contributed by atoms with Gasteiger partial charge in [0.05, 0.1) is 6.54 Å². The molecule has 0 radical (unpaired) electrons. The van der Waals surface area contributed by atoms with Crippen LogP contribution in [0.3, 0.4) is 0 Å². The molecule has 0 aliphatic rings. The molecule has 2 aromatic rings. The highest BCUT2D eigenvalue weighted by Crippen LogP contribution is 2.23. The van der Waals surface area contributed by atoms with Crippen LogP contribution in [0.25, 0.3) is 0 Å². The lowest BCUT2D eigenvalue weighted by Gasteiger charge is -2.10. The Morgan fingerprint density at radius 2 is 2.00 bits per heavy atom. The highest BCUT2D eigenvalue weighted by Gasteiger charge is 2.09. The summed E-state index contributed by atoms with van der Waals surface area (Å²) in [5.74, 6) is 2.86. The first-order chi connectivity index (χ1) is 10.1. The van der Waals surface area contributed by atoms with Crippen molar-refractivity contribution in [2.75, 3.05) is 6.54 Å². The SMILES string of the molecule is CCCNCc1cc(COc2cccc(C)c2C)c(C)o1. The molecule has 1 N–H and O–H groups in total. The molecular weight excluding hydrogens is 262 g/mol. The average Bonchev–Trinajstić information content (AvgIpc) is 2.81. The molecule has 2 rings (SSSR count). The molecule has 1 aromatic heterocycles. The fraction of sp³-hybridized carbons (Fsp3) is 0.444. The molecule has 3 heteroatoms. The molecule has 1 aromatic carbocycles. The van der Waals surface area contributed by atoms with Gasteiger partial charge in [-0.05, 0) is 57.0 Å². The average molecular weight is 287 g/mol. The maximum atomic E-state index is 5.94. The summed E-state index contributed by atoms with van der Waals surface area (Å²) in [6, 6.07) is 8.23. The van der Waals surface area contributed by atoms with Gasteiger partial charge in [-0.25, -0.2) is 0 Å². The summed E-state index contributed by atoms with van der Waals surface area (Å²) < 4.78 is 11.7. The third kappa shape index (κ3) is 4.11. The van der Waals surface area contributed by atoms with Crippen LogP contribution in [0.15, 0.2) is 28.7 Å². The number of furan rings is 1. The number of nitrogens with one attached hydrogen (secondary N) is 1. The van der Waals surface area contributed by atoms with Crippen LogP contribution in [0.4, 0.5) is 0 Å². The molecule has 0 atom stereocenters. The van der Waals surface area contributed by atoms with Crippen LogP contribution in [0.1, 0.15) is 41.6 Å². The van der Waals surface area contributed by atoms with Gasteiger partial charge in [-0.2, -0.15) is 0 Å². The van der Waals surface area contributed by atoms with Gasteiger partial charge in [0, 0.05) is 5.56 Å². The van der Waals surface area contributed by atoms with Crippen molar-refractivity contribution in [3.05, 3.63) is 52.5 Å². The van der Waals surface area contributed by atoms with Gasteiger partial charge in [0.1, 0.15) is 23.9 Å². The fourth-order valence-corrected chi connectivity index (χ4v) is 2.24. The Kier molecular flexibility index (Phi) is 5.45. The van der Waals surface area contributed by atoms with E-state index in [1.54, 1.807) is 0 Å². The molecule has 21 heavy (non-hydrogen) atoms. The lowest BCUT2D eigenvalue weighted by molar-refractivity contribution is 0.300. The second-order valence-corrected chi connectivity index (χ2v) is 5.46. The molecule has 0 unspecified atom stereocenters. The van der Waals surface area contributed by atoms with Gasteiger partial charge in [-0.3, -0.25) is 0 Å². The van der Waals surface area contributed by atoms with Gasteiger partial charge in [0.15, 0.2) is 0 Å². The van der Waals surface area contributed by atoms with Gasteiger partial charge in [-0.15, -0.1) is 0 Å². The first-order valence-corrected chi connectivity index (χ1v) is 7.59. The molecule has 0 fully saturated rings. The minimum Gasteiger partial charge on any atom is -0.488 e. The summed E-state index contributed by atoms with van der Waals surface area (Å²) in [7, 11) is 0. The van der Waals surface area contributed by atoms with E-state index in [2.05, 4.69) is 38.2 Å². The third-order valence-corrected chi connectivity index (χ3v) is 3.74. The van der Waals surface area contributed by atoms with Gasteiger partial charge in [-0.1, -0.05) is 19.1 Å². The zero-order valence-electron chi connectivity index (χ0n) is 13.5. The molecule has 1 heterocycles. The number of aryl methyl sites for hydroxylation is 2. The second-order valence-electron chi connectivity index (χ2n) is 5.46. The van der Waals surface area contributed by atoms with Crippen LogP contribution in [-0.2, 0) is 13.2 Å². The van der Waals surface area contributed by atoms with E-state index in [0.29, 0.717) is 6.61 Å². The number of benzene rings is 1. The minimum absolute atomic E-state index is 0.549. The Balaban J connectivity index is 1.98. The van der Waals surface area contributed by atoms with E-state index in [4.69, 9.17) is 9.15 Å². The minimum atomic E-state index is 0.549. The van der Waals surface area contributed by atoms with Crippen molar-refractivity contribution >= 4 is 0 Å². The smallest absolute Gasteiger partial charge is 0.122 e. The van der Waals surface area contributed by atoms with Crippen LogP contribution in [0.5, 0.6) is 5.75 Å². The third-order valence-electron chi connectivity index (χ3n) is 3.74. The quantitative estimate of drug-likeness (QED) is 0.772. The zero-order chi connectivity index (χ0) is 15.2. The Morgan fingerprint density at radius 3 is 2.76 bits per heavy atom. The second kappa shape index (κ2) is 7.32. The normalized spacial score (nSPS) is 10.9. The van der Waals surface area contributed by atoms with Crippen molar-refractivity contribution in [1.82, 2.24) is 5.32 Å². The lowest BCUT2D eigenvalue weighted by Crippen LogP contribution is -2.13. The Bertz CT molecular complexity index is 587. The van der Waals surface area contributed by atoms with Crippen LogP contribution in [-0.4, -0.2) is 6.54 Å². The monoisotopic (exact) mass is 287 g/mol. The van der Waals surface area contributed by atoms with Crippen molar-refractivity contribution in [3.8, 4) is 5.75 Å². The van der Waals surface area contributed by atoms with E-state index in [1.807, 2.05) is 19.1 Å². The molecule has 0 aliphatic heterocycles. The van der Waals surface area contributed by atoms with Crippen molar-refractivity contribution in [2.45, 2.75) is 47.3 Å². The zero-order valence-corrected chi connectivity index (χ0v) is 13.5. The first kappa shape index (κ1) is 15.6. The Morgan fingerprint density at radius 1 is 1.19 bits per heavy atom. The molecule has 0 saturated carbocycles. The Hall–Kier alpha value is -1.74. The van der Waals surface area contributed by atoms with Gasteiger partial charge < -0.3 is 14.5 Å². The standard InChI is InChI=1S/C18H25NO2/c1-5-9-19-11-17-10-16(15(4)21-17)12-20-18-8-6-7-13(2)14(18)3/h6-8,10,19H,5,9,11-12H2,1-4H3. The van der Waals surface area contributed by atoms with Crippen LogP contribution in [0.2, 0.25) is 0 Å². The summed E-state index contributed by atoms with van der Waals surface area (Å²) >= 11 is 0. The van der Waals surface area contributed by atoms with Crippen molar-refractivity contribution in [3.63, 3.8) is 0 Å². The van der Waals surface area contributed by atoms with E-state index in [9.17, 15) is 0 Å². The molecule has 3 nitrogen and oxygen atoms in total. The van der Waals surface area contributed by atoms with Gasteiger partial charge in [0.2, 0.25) is 0 Å². The highest BCUT2D eigenvalue weighted by molar-refractivity contribution is 5.38. The molecule has 0 bridgehead atoms. The van der Waals surface area contributed by atoms with Crippen molar-refractivity contribution in [1.29, 1.82) is 0 Å². The van der Waals surface area contributed by atoms with E-state index < -0.39 is 0 Å². The number of rotatable bonds is 7. The number of ether oxygens (including phenoxy) is 1. The molecule has 0 aliphatic carbocycles. The largest absolute Gasteiger partial charge is 0.488 e. The topological polar surface area (TPSA) is 34.4 Å². The van der Waals surface area contributed by atoms with E-state index in [0.717, 1.165) is 42.3 Å². The first-order valence-electron chi connectivity index (χ1n) is 7.59. The summed E-state index contributed by atoms with van der Waals surface area (Å²) in [5.41, 5.74) is 3.56. The van der Waals surface area contributed by atoms with Crippen LogP contribution in [0, 0.1) is 20.8 Å². The lowest BCUT2D eigenvalue weighted by atomic mass is 10.1. The van der Waals surface area contributed by atoms with Crippen LogP contribution >= 0.6 is 0 Å². The maximum absolute atomic E-state index is 5.94. The number of hydrogen-bond acceptors (Lipinski definition) is 3. The van der Waals surface area contributed by atoms with Crippen molar-refractivity contribution in [2.24, 2.45) is 0 Å². The molecular formula is C18H25NO2. The summed E-state index contributed by atoms with van der Waals surface area (Å²) in [5, 5.41) is 3.35. The van der Waals surface area contributed by atoms with Crippen LogP contribution < -0.4 is 10.1 Å². The van der Waals surface area contributed by atoms with Gasteiger partial charge >= 0.3 is 0 Å². The van der Waals surface area contributed by atoms with E-state index in [1.165, 1.54) is 11.1 Å². The van der Waals surface area contributed by atoms with Crippen molar-refractivity contribution < 1.29 is 9.15 Å². The molecule has 0 spiro atoms. The summed E-state index contributed by atoms with van der Waals surface area (Å²) in [4.78, 5) is 0. The number of hydrogen-bond donors (Lipinski definition) is 1. The Labute approximate surface area is 127 Å². The predicted molar refractivity (Wildman–Crippen MR) is 85.7 cm³/mol. The highest BCUT2D eigenvalue weighted by atomic mass is 16.5. The van der Waals surface area contributed by atoms with E-state index in [-0.39, 0.29) is 0 Å². The maximum Gasteiger partial charge on any atom is 0.122 e. The molecule has 0 saturated heterocycles. The van der Waals surface area contributed by atoms with Gasteiger partial charge in [0.25, 0.3) is 0 Å². The summed E-state index contributed by atoms with van der Waals surface area (Å²) in [6.45, 7) is 10.7.